The van der Waals surface area contributed by atoms with Crippen LogP contribution in [0.4, 0.5) is 0 Å². The molecule has 15 heavy (non-hydrogen) atoms. The highest BCUT2D eigenvalue weighted by Crippen LogP contribution is 2.19. The van der Waals surface area contributed by atoms with Crippen molar-refractivity contribution in [2.45, 2.75) is 70.1 Å². The van der Waals surface area contributed by atoms with E-state index >= 15 is 0 Å². The number of hydrogen-bond donors (Lipinski definition) is 1. The normalized spacial score (nSPS) is 19.6. The highest BCUT2D eigenvalue weighted by molar-refractivity contribution is 7.99. The van der Waals surface area contributed by atoms with E-state index in [1.807, 2.05) is 0 Å². The number of hydrogen-bond acceptors (Lipinski definition) is 2. The molecule has 90 valence electrons. The molecule has 0 saturated heterocycles. The van der Waals surface area contributed by atoms with Crippen LogP contribution >= 0.6 is 11.8 Å². The summed E-state index contributed by atoms with van der Waals surface area (Å²) in [6, 6.07) is 0.837. The summed E-state index contributed by atoms with van der Waals surface area (Å²) < 4.78 is 0. The summed E-state index contributed by atoms with van der Waals surface area (Å²) in [6.07, 6.45) is 9.84. The summed E-state index contributed by atoms with van der Waals surface area (Å²) in [4.78, 5) is 0. The van der Waals surface area contributed by atoms with Gasteiger partial charge >= 0.3 is 0 Å². The summed E-state index contributed by atoms with van der Waals surface area (Å²) in [5, 5.41) is 4.50. The van der Waals surface area contributed by atoms with Gasteiger partial charge in [-0.05, 0) is 25.0 Å². The lowest BCUT2D eigenvalue weighted by molar-refractivity contribution is 0.527. The molecule has 1 unspecified atom stereocenters. The third kappa shape index (κ3) is 6.47. The molecular formula is C13H27NS. The van der Waals surface area contributed by atoms with Gasteiger partial charge < -0.3 is 5.32 Å². The lowest BCUT2D eigenvalue weighted by Crippen LogP contribution is -2.31. The van der Waals surface area contributed by atoms with E-state index in [9.17, 15) is 0 Å². The van der Waals surface area contributed by atoms with Crippen molar-refractivity contribution >= 4 is 11.8 Å². The Bertz CT molecular complexity index is 143. The fourth-order valence-corrected chi connectivity index (χ4v) is 3.15. The third-order valence-electron chi connectivity index (χ3n) is 3.20. The summed E-state index contributed by atoms with van der Waals surface area (Å²) in [7, 11) is 0. The van der Waals surface area contributed by atoms with Gasteiger partial charge in [-0.15, -0.1) is 0 Å². The summed E-state index contributed by atoms with van der Waals surface area (Å²) in [6.45, 7) is 5.84. The van der Waals surface area contributed by atoms with Crippen LogP contribution in [0.5, 0.6) is 0 Å². The van der Waals surface area contributed by atoms with Crippen LogP contribution in [-0.4, -0.2) is 23.6 Å². The van der Waals surface area contributed by atoms with E-state index in [0.29, 0.717) is 0 Å². The Balaban J connectivity index is 1.90. The van der Waals surface area contributed by atoms with E-state index in [1.165, 1.54) is 57.2 Å². The SMILES string of the molecule is CCCCCSC(C)CNC1CCCC1. The zero-order chi connectivity index (χ0) is 10.9. The molecule has 0 aromatic rings. The average Bonchev–Trinajstić information content (AvgIpc) is 2.74. The van der Waals surface area contributed by atoms with Crippen LogP contribution in [0.1, 0.15) is 58.8 Å². The van der Waals surface area contributed by atoms with Crippen LogP contribution in [0, 0.1) is 0 Å². The van der Waals surface area contributed by atoms with Gasteiger partial charge in [-0.2, -0.15) is 11.8 Å². The van der Waals surface area contributed by atoms with Crippen molar-refractivity contribution in [1.29, 1.82) is 0 Å². The topological polar surface area (TPSA) is 12.0 Å². The molecular weight excluding hydrogens is 202 g/mol. The number of nitrogens with one attached hydrogen (secondary N) is 1. The smallest absolute Gasteiger partial charge is 0.0144 e. The van der Waals surface area contributed by atoms with E-state index in [1.54, 1.807) is 0 Å². The minimum atomic E-state index is 0.794. The molecule has 1 aliphatic carbocycles. The quantitative estimate of drug-likeness (QED) is 0.635. The summed E-state index contributed by atoms with van der Waals surface area (Å²) in [5.74, 6) is 1.35. The maximum Gasteiger partial charge on any atom is 0.0144 e. The molecule has 0 aromatic carbocycles. The van der Waals surface area contributed by atoms with E-state index in [-0.39, 0.29) is 0 Å². The Morgan fingerprint density at radius 1 is 1.27 bits per heavy atom. The van der Waals surface area contributed by atoms with Crippen molar-refractivity contribution in [3.05, 3.63) is 0 Å². The Kier molecular flexibility index (Phi) is 7.54. The van der Waals surface area contributed by atoms with Crippen LogP contribution in [0.25, 0.3) is 0 Å². The van der Waals surface area contributed by atoms with E-state index in [4.69, 9.17) is 0 Å². The molecule has 1 atom stereocenters. The average molecular weight is 229 g/mol. The molecule has 1 fully saturated rings. The fraction of sp³-hybridized carbons (Fsp3) is 1.00. The van der Waals surface area contributed by atoms with Gasteiger partial charge in [0.1, 0.15) is 0 Å². The van der Waals surface area contributed by atoms with Crippen molar-refractivity contribution in [3.8, 4) is 0 Å². The van der Waals surface area contributed by atoms with Gasteiger partial charge in [-0.3, -0.25) is 0 Å². The molecule has 2 heteroatoms. The lowest BCUT2D eigenvalue weighted by Gasteiger charge is -2.16. The molecule has 1 N–H and O–H groups in total. The Morgan fingerprint density at radius 2 is 2.00 bits per heavy atom. The number of rotatable bonds is 8. The molecule has 0 aliphatic heterocycles. The van der Waals surface area contributed by atoms with Gasteiger partial charge in [0.25, 0.3) is 0 Å². The first-order valence-corrected chi connectivity index (χ1v) is 7.72. The van der Waals surface area contributed by atoms with E-state index in [0.717, 1.165) is 11.3 Å². The van der Waals surface area contributed by atoms with Crippen LogP contribution < -0.4 is 5.32 Å². The molecule has 0 radical (unpaired) electrons. The highest BCUT2D eigenvalue weighted by atomic mass is 32.2. The zero-order valence-electron chi connectivity index (χ0n) is 10.4. The van der Waals surface area contributed by atoms with Crippen molar-refractivity contribution in [2.24, 2.45) is 0 Å². The number of thioether (sulfide) groups is 1. The molecule has 0 spiro atoms. The van der Waals surface area contributed by atoms with Crippen molar-refractivity contribution in [3.63, 3.8) is 0 Å². The maximum atomic E-state index is 3.70. The first-order chi connectivity index (χ1) is 7.33. The minimum absolute atomic E-state index is 0.794. The highest BCUT2D eigenvalue weighted by Gasteiger charge is 2.14. The lowest BCUT2D eigenvalue weighted by atomic mass is 10.2. The molecule has 1 aliphatic rings. The van der Waals surface area contributed by atoms with Crippen LogP contribution in [-0.2, 0) is 0 Å². The summed E-state index contributed by atoms with van der Waals surface area (Å²) >= 11 is 2.14. The monoisotopic (exact) mass is 229 g/mol. The third-order valence-corrected chi connectivity index (χ3v) is 4.46. The Morgan fingerprint density at radius 3 is 2.67 bits per heavy atom. The fourth-order valence-electron chi connectivity index (χ4n) is 2.16. The molecule has 0 amide bonds. The van der Waals surface area contributed by atoms with Gasteiger partial charge in [-0.1, -0.05) is 39.5 Å². The van der Waals surface area contributed by atoms with E-state index in [2.05, 4.69) is 30.9 Å². The second-order valence-corrected chi connectivity index (χ2v) is 6.32. The number of unbranched alkanes of at least 4 members (excludes halogenated alkanes) is 2. The second kappa shape index (κ2) is 8.46. The molecule has 1 nitrogen and oxygen atoms in total. The first-order valence-electron chi connectivity index (χ1n) is 6.68. The van der Waals surface area contributed by atoms with Gasteiger partial charge in [-0.25, -0.2) is 0 Å². The van der Waals surface area contributed by atoms with Crippen molar-refractivity contribution < 1.29 is 0 Å². The largest absolute Gasteiger partial charge is 0.313 e. The predicted octanol–water partition coefficient (Wildman–Crippen LogP) is 3.83. The molecule has 0 heterocycles. The molecule has 0 aromatic heterocycles. The maximum absolute atomic E-state index is 3.70. The Hall–Kier alpha value is 0.310. The predicted molar refractivity (Wildman–Crippen MR) is 71.7 cm³/mol. The van der Waals surface area contributed by atoms with Crippen LogP contribution in [0.15, 0.2) is 0 Å². The minimum Gasteiger partial charge on any atom is -0.313 e. The van der Waals surface area contributed by atoms with Gasteiger partial charge in [0.15, 0.2) is 0 Å². The zero-order valence-corrected chi connectivity index (χ0v) is 11.2. The van der Waals surface area contributed by atoms with Gasteiger partial charge in [0.05, 0.1) is 0 Å². The summed E-state index contributed by atoms with van der Waals surface area (Å²) in [5.41, 5.74) is 0. The van der Waals surface area contributed by atoms with E-state index < -0.39 is 0 Å². The Labute approximate surface area is 99.8 Å². The van der Waals surface area contributed by atoms with Crippen LogP contribution in [0.2, 0.25) is 0 Å². The van der Waals surface area contributed by atoms with Gasteiger partial charge in [0, 0.05) is 17.8 Å². The second-order valence-electron chi connectivity index (χ2n) is 4.78. The molecule has 1 saturated carbocycles. The van der Waals surface area contributed by atoms with Gasteiger partial charge in [0.2, 0.25) is 0 Å². The first kappa shape index (κ1) is 13.4. The van der Waals surface area contributed by atoms with Crippen LogP contribution in [0.3, 0.4) is 0 Å². The standard InChI is InChI=1S/C13H27NS/c1-3-4-7-10-15-12(2)11-14-13-8-5-6-9-13/h12-14H,3-11H2,1-2H3. The molecule has 0 bridgehead atoms. The van der Waals surface area contributed by atoms with Crippen molar-refractivity contribution in [2.75, 3.05) is 12.3 Å². The molecule has 1 rings (SSSR count). The van der Waals surface area contributed by atoms with Crippen molar-refractivity contribution in [1.82, 2.24) is 5.32 Å².